The number of carbonyl (C=O) groups is 2. The van der Waals surface area contributed by atoms with Crippen LogP contribution in [0, 0.1) is 12.8 Å². The molecule has 2 atom stereocenters. The molecule has 6 heteroatoms. The van der Waals surface area contributed by atoms with Gasteiger partial charge >= 0.3 is 0 Å². The molecule has 3 aromatic rings. The normalized spacial score (nSPS) is 19.3. The number of nitrogens with zero attached hydrogens (tertiary/aromatic N) is 1. The minimum Gasteiger partial charge on any atom is -0.357 e. The summed E-state index contributed by atoms with van der Waals surface area (Å²) >= 11 is 12.5. The average molecular weight is 533 g/mol. The standard InChI is InChI=1S/C31H30Cl2N2O2/c1-18(2)14-29(37)35-27-7-5-4-6-25(27)34-26-16-22(21-12-13-23(32)24(33)15-21)17-28(36)30(26)31(35)20-10-8-19(3)9-11-20/h4-13,15,18,22,31,34H,14,16-17H2,1-3H3/t22-,31-/m1/s1. The third-order valence-corrected chi connectivity index (χ3v) is 7.89. The second kappa shape index (κ2) is 10.4. The molecule has 2 aliphatic rings. The van der Waals surface area contributed by atoms with Crippen LogP contribution in [0.3, 0.4) is 0 Å². The molecule has 37 heavy (non-hydrogen) atoms. The first-order chi connectivity index (χ1) is 17.7. The van der Waals surface area contributed by atoms with E-state index in [-0.39, 0.29) is 23.5 Å². The van der Waals surface area contributed by atoms with Crippen LogP contribution in [0.2, 0.25) is 10.0 Å². The first-order valence-corrected chi connectivity index (χ1v) is 13.4. The molecule has 1 aliphatic heterocycles. The zero-order chi connectivity index (χ0) is 26.3. The Balaban J connectivity index is 1.69. The number of benzene rings is 3. The fourth-order valence-electron chi connectivity index (χ4n) is 5.38. The highest BCUT2D eigenvalue weighted by Gasteiger charge is 2.41. The summed E-state index contributed by atoms with van der Waals surface area (Å²) in [4.78, 5) is 29.7. The summed E-state index contributed by atoms with van der Waals surface area (Å²) in [6, 6.07) is 21.0. The van der Waals surface area contributed by atoms with Gasteiger partial charge in [-0.05, 0) is 60.6 Å². The van der Waals surface area contributed by atoms with Gasteiger partial charge < -0.3 is 5.32 Å². The number of Topliss-reactive ketones (excluding diaryl/α,β-unsaturated/α-hetero) is 1. The summed E-state index contributed by atoms with van der Waals surface area (Å²) in [5.41, 5.74) is 6.15. The van der Waals surface area contributed by atoms with E-state index in [2.05, 4.69) is 5.32 Å². The quantitative estimate of drug-likeness (QED) is 0.367. The van der Waals surface area contributed by atoms with E-state index in [9.17, 15) is 9.59 Å². The molecule has 190 valence electrons. The number of allylic oxidation sites excluding steroid dienone is 1. The van der Waals surface area contributed by atoms with Gasteiger partial charge in [0.2, 0.25) is 5.91 Å². The molecule has 1 amide bonds. The molecule has 0 spiro atoms. The van der Waals surface area contributed by atoms with E-state index in [1.54, 1.807) is 6.07 Å². The van der Waals surface area contributed by atoms with Crippen molar-refractivity contribution in [2.45, 2.75) is 52.0 Å². The summed E-state index contributed by atoms with van der Waals surface area (Å²) in [6.07, 6.45) is 1.35. The monoisotopic (exact) mass is 532 g/mol. The molecule has 1 aliphatic carbocycles. The van der Waals surface area contributed by atoms with Gasteiger partial charge in [-0.3, -0.25) is 14.5 Å². The van der Waals surface area contributed by atoms with Gasteiger partial charge in [-0.25, -0.2) is 0 Å². The Kier molecular flexibility index (Phi) is 7.15. The predicted molar refractivity (Wildman–Crippen MR) is 151 cm³/mol. The lowest BCUT2D eigenvalue weighted by Crippen LogP contribution is -2.39. The van der Waals surface area contributed by atoms with Crippen molar-refractivity contribution in [1.82, 2.24) is 0 Å². The molecule has 0 bridgehead atoms. The molecule has 3 aromatic carbocycles. The number of nitrogens with one attached hydrogen (secondary N) is 1. The zero-order valence-electron chi connectivity index (χ0n) is 21.2. The Hall–Kier alpha value is -3.08. The van der Waals surface area contributed by atoms with Crippen LogP contribution < -0.4 is 10.2 Å². The summed E-state index contributed by atoms with van der Waals surface area (Å²) in [6.45, 7) is 6.12. The van der Waals surface area contributed by atoms with Crippen LogP contribution in [0.4, 0.5) is 11.4 Å². The molecule has 1 heterocycles. The van der Waals surface area contributed by atoms with Crippen LogP contribution >= 0.6 is 23.2 Å². The SMILES string of the molecule is Cc1ccc([C@@H]2C3=C(C[C@@H](c4ccc(Cl)c(Cl)c4)CC3=O)Nc3ccccc3N2C(=O)CC(C)C)cc1. The first-order valence-electron chi connectivity index (χ1n) is 12.7. The number of ketones is 1. The Morgan fingerprint density at radius 2 is 1.68 bits per heavy atom. The number of hydrogen-bond acceptors (Lipinski definition) is 3. The van der Waals surface area contributed by atoms with Gasteiger partial charge in [-0.15, -0.1) is 0 Å². The fourth-order valence-corrected chi connectivity index (χ4v) is 5.69. The number of fused-ring (bicyclic) bond motifs is 1. The van der Waals surface area contributed by atoms with Crippen LogP contribution in [0.5, 0.6) is 0 Å². The lowest BCUT2D eigenvalue weighted by molar-refractivity contribution is -0.119. The van der Waals surface area contributed by atoms with E-state index in [1.807, 2.05) is 86.3 Å². The maximum absolute atomic E-state index is 14.0. The van der Waals surface area contributed by atoms with E-state index in [4.69, 9.17) is 23.2 Å². The first kappa shape index (κ1) is 25.6. The molecular formula is C31H30Cl2N2O2. The summed E-state index contributed by atoms with van der Waals surface area (Å²) in [5, 5.41) is 4.55. The maximum atomic E-state index is 14.0. The highest BCUT2D eigenvalue weighted by molar-refractivity contribution is 6.42. The molecular weight excluding hydrogens is 503 g/mol. The zero-order valence-corrected chi connectivity index (χ0v) is 22.7. The smallest absolute Gasteiger partial charge is 0.228 e. The predicted octanol–water partition coefficient (Wildman–Crippen LogP) is 8.25. The van der Waals surface area contributed by atoms with E-state index in [0.717, 1.165) is 33.8 Å². The largest absolute Gasteiger partial charge is 0.357 e. The molecule has 4 nitrogen and oxygen atoms in total. The van der Waals surface area contributed by atoms with Crippen molar-refractivity contribution in [2.75, 3.05) is 10.2 Å². The number of amides is 1. The summed E-state index contributed by atoms with van der Waals surface area (Å²) in [5.74, 6) is 0.176. The third kappa shape index (κ3) is 5.05. The molecule has 0 saturated carbocycles. The van der Waals surface area contributed by atoms with Crippen LogP contribution in [-0.4, -0.2) is 11.7 Å². The number of hydrogen-bond donors (Lipinski definition) is 1. The van der Waals surface area contributed by atoms with Gasteiger partial charge in [-0.1, -0.05) is 85.1 Å². The molecule has 0 unspecified atom stereocenters. The molecule has 5 rings (SSSR count). The van der Waals surface area contributed by atoms with Gasteiger partial charge in [0.05, 0.1) is 27.5 Å². The van der Waals surface area contributed by atoms with Crippen LogP contribution in [-0.2, 0) is 9.59 Å². The minimum atomic E-state index is -0.514. The van der Waals surface area contributed by atoms with E-state index < -0.39 is 6.04 Å². The van der Waals surface area contributed by atoms with Crippen LogP contribution in [0.1, 0.15) is 61.8 Å². The summed E-state index contributed by atoms with van der Waals surface area (Å²) < 4.78 is 0. The minimum absolute atomic E-state index is 0.00276. The number of anilines is 2. The van der Waals surface area contributed by atoms with E-state index >= 15 is 0 Å². The number of rotatable bonds is 4. The van der Waals surface area contributed by atoms with Gasteiger partial charge in [0.25, 0.3) is 0 Å². The van der Waals surface area contributed by atoms with Crippen LogP contribution in [0.25, 0.3) is 0 Å². The Bertz CT molecular complexity index is 1390. The van der Waals surface area contributed by atoms with Crippen molar-refractivity contribution in [1.29, 1.82) is 0 Å². The van der Waals surface area contributed by atoms with Gasteiger partial charge in [0, 0.05) is 24.1 Å². The van der Waals surface area contributed by atoms with Crippen LogP contribution in [0.15, 0.2) is 78.0 Å². The Morgan fingerprint density at radius 1 is 0.973 bits per heavy atom. The average Bonchev–Trinajstić information content (AvgIpc) is 3.00. The number of para-hydroxylation sites is 2. The highest BCUT2D eigenvalue weighted by atomic mass is 35.5. The lowest BCUT2D eigenvalue weighted by Gasteiger charge is -2.35. The van der Waals surface area contributed by atoms with Gasteiger partial charge in [-0.2, -0.15) is 0 Å². The van der Waals surface area contributed by atoms with Crippen molar-refractivity contribution in [2.24, 2.45) is 5.92 Å². The number of aryl methyl sites for hydroxylation is 1. The fraction of sp³-hybridized carbons (Fsp3) is 0.290. The highest BCUT2D eigenvalue weighted by Crippen LogP contribution is 2.48. The second-order valence-corrected chi connectivity index (χ2v) is 11.2. The van der Waals surface area contributed by atoms with Crippen molar-refractivity contribution in [3.8, 4) is 0 Å². The maximum Gasteiger partial charge on any atom is 0.228 e. The molecule has 0 aromatic heterocycles. The molecule has 1 N–H and O–H groups in total. The van der Waals surface area contributed by atoms with Gasteiger partial charge in [0.1, 0.15) is 0 Å². The molecule has 0 radical (unpaired) electrons. The van der Waals surface area contributed by atoms with E-state index in [1.165, 1.54) is 0 Å². The summed E-state index contributed by atoms with van der Waals surface area (Å²) in [7, 11) is 0. The Labute approximate surface area is 228 Å². The number of halogens is 2. The second-order valence-electron chi connectivity index (χ2n) is 10.4. The lowest BCUT2D eigenvalue weighted by atomic mass is 9.78. The van der Waals surface area contributed by atoms with Crippen molar-refractivity contribution < 1.29 is 9.59 Å². The van der Waals surface area contributed by atoms with Crippen molar-refractivity contribution >= 4 is 46.3 Å². The molecule has 0 fully saturated rings. The molecule has 0 saturated heterocycles. The van der Waals surface area contributed by atoms with Crippen molar-refractivity contribution in [3.63, 3.8) is 0 Å². The van der Waals surface area contributed by atoms with E-state index in [0.29, 0.717) is 34.9 Å². The number of carbonyl (C=O) groups excluding carboxylic acids is 2. The Morgan fingerprint density at radius 3 is 2.38 bits per heavy atom. The topological polar surface area (TPSA) is 49.4 Å². The van der Waals surface area contributed by atoms with Gasteiger partial charge in [0.15, 0.2) is 5.78 Å². The third-order valence-electron chi connectivity index (χ3n) is 7.15. The van der Waals surface area contributed by atoms with Crippen molar-refractivity contribution in [3.05, 3.63) is 105 Å².